The maximum atomic E-state index is 2.46. The highest BCUT2D eigenvalue weighted by Gasteiger charge is 2.35. The molecular formula is C15H24N+. The Kier molecular flexibility index (Phi) is 4.28. The van der Waals surface area contributed by atoms with Gasteiger partial charge in [0.05, 0.1) is 5.92 Å². The maximum Gasteiger partial charge on any atom is 0.159 e. The van der Waals surface area contributed by atoms with Crippen molar-refractivity contribution in [1.82, 2.24) is 0 Å². The molecule has 0 fully saturated rings. The van der Waals surface area contributed by atoms with Gasteiger partial charge in [-0.3, -0.25) is 0 Å². The minimum atomic E-state index is 0. The van der Waals surface area contributed by atoms with Crippen LogP contribution >= 0.6 is 0 Å². The second kappa shape index (κ2) is 5.29. The molecule has 1 aliphatic rings. The lowest BCUT2D eigenvalue weighted by Crippen LogP contribution is -2.17. The first-order valence-corrected chi connectivity index (χ1v) is 5.87. The van der Waals surface area contributed by atoms with E-state index in [9.17, 15) is 0 Å². The highest BCUT2D eigenvalue weighted by Crippen LogP contribution is 2.30. The monoisotopic (exact) mass is 218 g/mol. The summed E-state index contributed by atoms with van der Waals surface area (Å²) in [6.07, 6.45) is 2.43. The Bertz CT molecular complexity index is 364. The van der Waals surface area contributed by atoms with E-state index in [2.05, 4.69) is 55.8 Å². The fraction of sp³-hybridized carbons (Fsp3) is 0.533. The second-order valence-electron chi connectivity index (χ2n) is 4.50. The summed E-state index contributed by atoms with van der Waals surface area (Å²) in [6, 6.07) is 11.6. The largest absolute Gasteiger partial charge is 0.237 e. The van der Waals surface area contributed by atoms with E-state index in [-0.39, 0.29) is 7.43 Å². The predicted octanol–water partition coefficient (Wildman–Crippen LogP) is 3.69. The van der Waals surface area contributed by atoms with Crippen LogP contribution in [0.25, 0.3) is 0 Å². The number of hydrogen-bond acceptors (Lipinski definition) is 0. The van der Waals surface area contributed by atoms with Gasteiger partial charge in [-0.2, -0.15) is 0 Å². The Morgan fingerprint density at radius 2 is 1.88 bits per heavy atom. The van der Waals surface area contributed by atoms with Gasteiger partial charge < -0.3 is 0 Å². The zero-order valence-corrected chi connectivity index (χ0v) is 9.90. The van der Waals surface area contributed by atoms with Crippen LogP contribution in [0.15, 0.2) is 30.3 Å². The SMILES string of the molecule is C.CCC1=[N+](C)[C@H](C)C[C@@H]1c1ccccc1. The van der Waals surface area contributed by atoms with E-state index in [4.69, 9.17) is 0 Å². The van der Waals surface area contributed by atoms with Crippen molar-refractivity contribution in [2.45, 2.75) is 46.1 Å². The number of benzene rings is 1. The van der Waals surface area contributed by atoms with Gasteiger partial charge >= 0.3 is 0 Å². The molecule has 1 aromatic rings. The Hall–Kier alpha value is -1.11. The van der Waals surface area contributed by atoms with E-state index < -0.39 is 0 Å². The zero-order valence-electron chi connectivity index (χ0n) is 9.90. The van der Waals surface area contributed by atoms with Crippen molar-refractivity contribution in [3.8, 4) is 0 Å². The van der Waals surface area contributed by atoms with Crippen molar-refractivity contribution in [3.05, 3.63) is 35.9 Å². The topological polar surface area (TPSA) is 3.01 Å². The smallest absolute Gasteiger partial charge is 0.159 e. The standard InChI is InChI=1S/C14H20N.CH4/c1-4-14-13(10-11(2)15(14)3)12-8-6-5-7-9-12;/h5-9,11,13H,4,10H2,1-3H3;1H4/q+1;/t11-,13-;/m1./s1. The van der Waals surface area contributed by atoms with Crippen LogP contribution < -0.4 is 0 Å². The quantitative estimate of drug-likeness (QED) is 0.666. The third kappa shape index (κ3) is 2.18. The molecule has 0 aromatic heterocycles. The molecule has 1 nitrogen and oxygen atoms in total. The number of hydrogen-bond donors (Lipinski definition) is 0. The highest BCUT2D eigenvalue weighted by atomic mass is 15.0. The average molecular weight is 218 g/mol. The minimum absolute atomic E-state index is 0. The molecule has 0 N–H and O–H groups in total. The summed E-state index contributed by atoms with van der Waals surface area (Å²) >= 11 is 0. The molecule has 0 unspecified atom stereocenters. The maximum absolute atomic E-state index is 2.46. The lowest BCUT2D eigenvalue weighted by atomic mass is 9.90. The van der Waals surface area contributed by atoms with Crippen LogP contribution in [-0.4, -0.2) is 23.4 Å². The van der Waals surface area contributed by atoms with Crippen LogP contribution in [0.5, 0.6) is 0 Å². The fourth-order valence-electron chi connectivity index (χ4n) is 2.67. The van der Waals surface area contributed by atoms with Gasteiger partial charge in [-0.25, -0.2) is 4.58 Å². The van der Waals surface area contributed by atoms with Gasteiger partial charge in [0.15, 0.2) is 11.8 Å². The van der Waals surface area contributed by atoms with Gasteiger partial charge in [-0.05, 0) is 12.5 Å². The van der Waals surface area contributed by atoms with E-state index in [0.717, 1.165) is 0 Å². The molecule has 88 valence electrons. The Labute approximate surface area is 99.8 Å². The molecule has 0 radical (unpaired) electrons. The zero-order chi connectivity index (χ0) is 10.8. The Morgan fingerprint density at radius 3 is 2.44 bits per heavy atom. The predicted molar refractivity (Wildman–Crippen MR) is 71.5 cm³/mol. The lowest BCUT2D eigenvalue weighted by Gasteiger charge is -2.07. The van der Waals surface area contributed by atoms with Crippen molar-refractivity contribution in [2.24, 2.45) is 0 Å². The molecule has 1 heteroatoms. The van der Waals surface area contributed by atoms with E-state index in [1.165, 1.54) is 18.4 Å². The summed E-state index contributed by atoms with van der Waals surface area (Å²) in [5.41, 5.74) is 3.07. The van der Waals surface area contributed by atoms with E-state index in [1.807, 2.05) is 0 Å². The van der Waals surface area contributed by atoms with Gasteiger partial charge in [0, 0.05) is 12.8 Å². The molecule has 0 saturated heterocycles. The minimum Gasteiger partial charge on any atom is -0.237 e. The third-order valence-corrected chi connectivity index (χ3v) is 3.66. The lowest BCUT2D eigenvalue weighted by molar-refractivity contribution is -0.526. The van der Waals surface area contributed by atoms with Gasteiger partial charge in [0.25, 0.3) is 0 Å². The average Bonchev–Trinajstić information content (AvgIpc) is 2.56. The second-order valence-corrected chi connectivity index (χ2v) is 4.50. The summed E-state index contributed by atoms with van der Waals surface area (Å²) in [5, 5.41) is 0. The molecule has 0 saturated carbocycles. The molecule has 2 atom stereocenters. The van der Waals surface area contributed by atoms with Crippen LogP contribution in [0.1, 0.15) is 45.6 Å². The molecule has 1 aromatic carbocycles. The molecular weight excluding hydrogens is 194 g/mol. The molecule has 0 aliphatic carbocycles. The molecule has 1 heterocycles. The van der Waals surface area contributed by atoms with E-state index in [1.54, 1.807) is 5.71 Å². The molecule has 0 amide bonds. The van der Waals surface area contributed by atoms with Gasteiger partial charge in [-0.1, -0.05) is 44.7 Å². The van der Waals surface area contributed by atoms with Gasteiger partial charge in [-0.15, -0.1) is 0 Å². The first kappa shape index (κ1) is 13.0. The van der Waals surface area contributed by atoms with Crippen molar-refractivity contribution >= 4 is 5.71 Å². The molecule has 2 rings (SSSR count). The van der Waals surface area contributed by atoms with Crippen LogP contribution in [0.4, 0.5) is 0 Å². The first-order valence-electron chi connectivity index (χ1n) is 5.87. The summed E-state index contributed by atoms with van der Waals surface area (Å²) in [4.78, 5) is 0. The summed E-state index contributed by atoms with van der Waals surface area (Å²) in [7, 11) is 2.23. The van der Waals surface area contributed by atoms with Crippen LogP contribution in [-0.2, 0) is 0 Å². The van der Waals surface area contributed by atoms with Gasteiger partial charge in [0.2, 0.25) is 0 Å². The fourth-order valence-corrected chi connectivity index (χ4v) is 2.67. The first-order chi connectivity index (χ1) is 7.24. The van der Waals surface area contributed by atoms with Gasteiger partial charge in [0.1, 0.15) is 7.05 Å². The molecule has 0 spiro atoms. The normalized spacial score (nSPS) is 24.4. The Morgan fingerprint density at radius 1 is 1.25 bits per heavy atom. The summed E-state index contributed by atoms with van der Waals surface area (Å²) in [6.45, 7) is 4.58. The third-order valence-electron chi connectivity index (χ3n) is 3.66. The van der Waals surface area contributed by atoms with Crippen LogP contribution in [0, 0.1) is 0 Å². The number of nitrogens with zero attached hydrogens (tertiary/aromatic N) is 1. The Balaban J connectivity index is 0.00000128. The summed E-state index contributed by atoms with van der Waals surface area (Å²) in [5.74, 6) is 0.649. The van der Waals surface area contributed by atoms with Crippen molar-refractivity contribution < 1.29 is 4.58 Å². The van der Waals surface area contributed by atoms with Crippen molar-refractivity contribution in [2.75, 3.05) is 7.05 Å². The van der Waals surface area contributed by atoms with Crippen molar-refractivity contribution in [1.29, 1.82) is 0 Å². The summed E-state index contributed by atoms with van der Waals surface area (Å²) < 4.78 is 2.46. The van der Waals surface area contributed by atoms with Crippen molar-refractivity contribution in [3.63, 3.8) is 0 Å². The highest BCUT2D eigenvalue weighted by molar-refractivity contribution is 5.87. The van der Waals surface area contributed by atoms with E-state index in [0.29, 0.717) is 12.0 Å². The molecule has 16 heavy (non-hydrogen) atoms. The van der Waals surface area contributed by atoms with Crippen LogP contribution in [0.3, 0.4) is 0 Å². The molecule has 1 aliphatic heterocycles. The van der Waals surface area contributed by atoms with E-state index >= 15 is 0 Å². The molecule has 0 bridgehead atoms. The van der Waals surface area contributed by atoms with Crippen LogP contribution in [0.2, 0.25) is 0 Å². The number of rotatable bonds is 2.